The molecule has 2 aliphatic rings. The van der Waals surface area contributed by atoms with Crippen molar-refractivity contribution in [1.82, 2.24) is 20.0 Å². The van der Waals surface area contributed by atoms with Gasteiger partial charge < -0.3 is 19.4 Å². The molecule has 0 bridgehead atoms. The minimum Gasteiger partial charge on any atom is -0.481 e. The van der Waals surface area contributed by atoms with Crippen molar-refractivity contribution in [3.63, 3.8) is 0 Å². The molecular formula is C23H31N5O4. The van der Waals surface area contributed by atoms with Gasteiger partial charge in [-0.25, -0.2) is 9.97 Å². The van der Waals surface area contributed by atoms with Crippen LogP contribution in [0.5, 0.6) is 0 Å². The highest BCUT2D eigenvalue weighted by molar-refractivity contribution is 5.80. The summed E-state index contributed by atoms with van der Waals surface area (Å²) in [7, 11) is 0. The quantitative estimate of drug-likeness (QED) is 0.727. The lowest BCUT2D eigenvalue weighted by Gasteiger charge is -2.34. The lowest BCUT2D eigenvalue weighted by Crippen LogP contribution is -2.38. The Morgan fingerprint density at radius 2 is 1.97 bits per heavy atom. The Morgan fingerprint density at radius 1 is 1.19 bits per heavy atom. The van der Waals surface area contributed by atoms with E-state index in [1.807, 2.05) is 19.2 Å². The van der Waals surface area contributed by atoms with Gasteiger partial charge in [-0.1, -0.05) is 12.1 Å². The number of aryl methyl sites for hydroxylation is 1. The number of carboxylic acid groups (broad SMARTS) is 1. The van der Waals surface area contributed by atoms with Gasteiger partial charge in [-0.15, -0.1) is 0 Å². The highest BCUT2D eigenvalue weighted by Crippen LogP contribution is 2.35. The molecule has 0 saturated carbocycles. The van der Waals surface area contributed by atoms with Gasteiger partial charge in [0.05, 0.1) is 23.4 Å². The van der Waals surface area contributed by atoms with Crippen molar-refractivity contribution in [2.45, 2.75) is 58.3 Å². The normalized spacial score (nSPS) is 19.9. The molecule has 0 radical (unpaired) electrons. The molecule has 4 heterocycles. The summed E-state index contributed by atoms with van der Waals surface area (Å²) in [6.07, 6.45) is 5.68. The molecule has 0 aliphatic carbocycles. The standard InChI is InChI=1S/C23H31N5O4/c1-15-4-3-9-28(14-15)23-24-13-18(19-12-16(2)26-32-19)22(25-23)17-7-10-27(11-8-17)20(29)5-6-21(30)31/h12-13,15,17H,3-11,14H2,1-2H3,(H,30,31). The fourth-order valence-corrected chi connectivity index (χ4v) is 4.67. The average molecular weight is 442 g/mol. The maximum Gasteiger partial charge on any atom is 0.303 e. The number of carbonyl (C=O) groups excluding carboxylic acids is 1. The van der Waals surface area contributed by atoms with Gasteiger partial charge >= 0.3 is 5.97 Å². The van der Waals surface area contributed by atoms with Gasteiger partial charge in [-0.05, 0) is 38.5 Å². The number of anilines is 1. The highest BCUT2D eigenvalue weighted by atomic mass is 16.5. The number of hydrogen-bond acceptors (Lipinski definition) is 7. The Morgan fingerprint density at radius 3 is 2.62 bits per heavy atom. The molecule has 4 rings (SSSR count). The lowest BCUT2D eigenvalue weighted by atomic mass is 9.90. The lowest BCUT2D eigenvalue weighted by molar-refractivity contribution is -0.141. The zero-order valence-corrected chi connectivity index (χ0v) is 18.8. The largest absolute Gasteiger partial charge is 0.481 e. The first-order valence-corrected chi connectivity index (χ1v) is 11.5. The van der Waals surface area contributed by atoms with Crippen LogP contribution >= 0.6 is 0 Å². The van der Waals surface area contributed by atoms with E-state index >= 15 is 0 Å². The minimum absolute atomic E-state index is 0.0490. The first-order valence-electron chi connectivity index (χ1n) is 11.5. The molecule has 0 aromatic carbocycles. The highest BCUT2D eigenvalue weighted by Gasteiger charge is 2.29. The second kappa shape index (κ2) is 9.67. The summed E-state index contributed by atoms with van der Waals surface area (Å²) in [6, 6.07) is 1.90. The number of likely N-dealkylation sites (tertiary alicyclic amines) is 1. The fraction of sp³-hybridized carbons (Fsp3) is 0.609. The van der Waals surface area contributed by atoms with Crippen LogP contribution in [0.4, 0.5) is 5.95 Å². The van der Waals surface area contributed by atoms with Gasteiger partial charge in [0.2, 0.25) is 11.9 Å². The van der Waals surface area contributed by atoms with Crippen LogP contribution < -0.4 is 4.90 Å². The maximum absolute atomic E-state index is 12.3. The van der Waals surface area contributed by atoms with E-state index in [2.05, 4.69) is 22.0 Å². The number of rotatable bonds is 6. The molecule has 2 aromatic rings. The Labute approximate surface area is 187 Å². The second-order valence-electron chi connectivity index (χ2n) is 9.04. The van der Waals surface area contributed by atoms with E-state index in [1.54, 1.807) is 4.90 Å². The minimum atomic E-state index is -0.944. The molecular weight excluding hydrogens is 410 g/mol. The number of piperidine rings is 2. The molecule has 2 saturated heterocycles. The van der Waals surface area contributed by atoms with Gasteiger partial charge in [0, 0.05) is 50.8 Å². The van der Waals surface area contributed by atoms with Gasteiger partial charge in [-0.2, -0.15) is 0 Å². The number of hydrogen-bond donors (Lipinski definition) is 1. The molecule has 32 heavy (non-hydrogen) atoms. The molecule has 9 heteroatoms. The predicted octanol–water partition coefficient (Wildman–Crippen LogP) is 3.25. The van der Waals surface area contributed by atoms with E-state index in [-0.39, 0.29) is 24.7 Å². The number of amides is 1. The average Bonchev–Trinajstić information content (AvgIpc) is 3.23. The van der Waals surface area contributed by atoms with Gasteiger partial charge in [0.1, 0.15) is 0 Å². The van der Waals surface area contributed by atoms with Crippen molar-refractivity contribution in [3.05, 3.63) is 23.7 Å². The van der Waals surface area contributed by atoms with Crippen LogP contribution in [0.2, 0.25) is 0 Å². The number of nitrogens with zero attached hydrogens (tertiary/aromatic N) is 5. The Kier molecular flexibility index (Phi) is 6.72. The zero-order chi connectivity index (χ0) is 22.7. The van der Waals surface area contributed by atoms with Gasteiger partial charge in [0.25, 0.3) is 0 Å². The summed E-state index contributed by atoms with van der Waals surface area (Å²) in [4.78, 5) is 36.8. The summed E-state index contributed by atoms with van der Waals surface area (Å²) in [6.45, 7) is 7.25. The summed E-state index contributed by atoms with van der Waals surface area (Å²) in [5.74, 6) is 1.17. The number of carbonyl (C=O) groups is 2. The first kappa shape index (κ1) is 22.2. The molecule has 1 amide bonds. The van der Waals surface area contributed by atoms with Crippen molar-refractivity contribution in [2.24, 2.45) is 5.92 Å². The van der Waals surface area contributed by atoms with E-state index in [0.29, 0.717) is 24.8 Å². The molecule has 2 aliphatic heterocycles. The van der Waals surface area contributed by atoms with Crippen LogP contribution in [-0.2, 0) is 9.59 Å². The number of aliphatic carboxylic acids is 1. The van der Waals surface area contributed by atoms with Crippen molar-refractivity contribution >= 4 is 17.8 Å². The first-order chi connectivity index (χ1) is 15.4. The van der Waals surface area contributed by atoms with Gasteiger partial charge in [0.15, 0.2) is 5.76 Å². The van der Waals surface area contributed by atoms with Crippen LogP contribution in [0, 0.1) is 12.8 Å². The molecule has 1 N–H and O–H groups in total. The fourth-order valence-electron chi connectivity index (χ4n) is 4.67. The molecule has 2 fully saturated rings. The van der Waals surface area contributed by atoms with Crippen LogP contribution in [0.15, 0.2) is 16.8 Å². The van der Waals surface area contributed by atoms with Crippen molar-refractivity contribution in [3.8, 4) is 11.3 Å². The summed E-state index contributed by atoms with van der Waals surface area (Å²) >= 11 is 0. The Hall–Kier alpha value is -2.97. The Balaban J connectivity index is 1.55. The van der Waals surface area contributed by atoms with Gasteiger partial charge in [-0.3, -0.25) is 9.59 Å². The van der Waals surface area contributed by atoms with Crippen molar-refractivity contribution in [1.29, 1.82) is 0 Å². The Bertz CT molecular complexity index is 967. The van der Waals surface area contributed by atoms with E-state index in [9.17, 15) is 9.59 Å². The van der Waals surface area contributed by atoms with E-state index in [1.165, 1.54) is 6.42 Å². The molecule has 0 spiro atoms. The summed E-state index contributed by atoms with van der Waals surface area (Å²) < 4.78 is 5.53. The molecule has 9 nitrogen and oxygen atoms in total. The van der Waals surface area contributed by atoms with Crippen LogP contribution in [0.25, 0.3) is 11.3 Å². The summed E-state index contributed by atoms with van der Waals surface area (Å²) in [5, 5.41) is 12.9. The monoisotopic (exact) mass is 441 g/mol. The maximum atomic E-state index is 12.3. The molecule has 1 atom stereocenters. The smallest absolute Gasteiger partial charge is 0.303 e. The molecule has 172 valence electrons. The molecule has 2 aromatic heterocycles. The van der Waals surface area contributed by atoms with Crippen LogP contribution in [-0.4, -0.2) is 63.2 Å². The van der Waals surface area contributed by atoms with Crippen LogP contribution in [0.3, 0.4) is 0 Å². The van der Waals surface area contributed by atoms with E-state index < -0.39 is 5.97 Å². The van der Waals surface area contributed by atoms with E-state index in [0.717, 1.165) is 55.3 Å². The third kappa shape index (κ3) is 5.08. The van der Waals surface area contributed by atoms with E-state index in [4.69, 9.17) is 14.6 Å². The van der Waals surface area contributed by atoms with Crippen LogP contribution in [0.1, 0.15) is 62.8 Å². The zero-order valence-electron chi connectivity index (χ0n) is 18.8. The third-order valence-corrected chi connectivity index (χ3v) is 6.43. The van der Waals surface area contributed by atoms with Crippen molar-refractivity contribution in [2.75, 3.05) is 31.1 Å². The predicted molar refractivity (Wildman–Crippen MR) is 118 cm³/mol. The summed E-state index contributed by atoms with van der Waals surface area (Å²) in [5.41, 5.74) is 2.61. The second-order valence-corrected chi connectivity index (χ2v) is 9.04. The van der Waals surface area contributed by atoms with Crippen molar-refractivity contribution < 1.29 is 19.2 Å². The molecule has 1 unspecified atom stereocenters. The topological polar surface area (TPSA) is 113 Å². The number of carboxylic acids is 1. The SMILES string of the molecule is Cc1cc(-c2cnc(N3CCCC(C)C3)nc2C2CCN(C(=O)CCC(=O)O)CC2)on1. The third-order valence-electron chi connectivity index (χ3n) is 6.43. The number of aromatic nitrogens is 3.